The van der Waals surface area contributed by atoms with Crippen molar-refractivity contribution in [2.24, 2.45) is 23.6 Å². The first-order valence-electron chi connectivity index (χ1n) is 6.58. The second-order valence-corrected chi connectivity index (χ2v) is 6.25. The fourth-order valence-corrected chi connectivity index (χ4v) is 4.87. The molecule has 4 aliphatic rings. The van der Waals surface area contributed by atoms with E-state index in [0.717, 1.165) is 23.6 Å². The van der Waals surface area contributed by atoms with Gasteiger partial charge < -0.3 is 4.42 Å². The van der Waals surface area contributed by atoms with Gasteiger partial charge in [0.25, 0.3) is 0 Å². The molecule has 4 aliphatic carbocycles. The van der Waals surface area contributed by atoms with Gasteiger partial charge in [0.1, 0.15) is 0 Å². The summed E-state index contributed by atoms with van der Waals surface area (Å²) in [5, 5.41) is 8.16. The van der Waals surface area contributed by atoms with Crippen LogP contribution in [0.2, 0.25) is 0 Å². The van der Waals surface area contributed by atoms with Crippen molar-refractivity contribution in [3.05, 3.63) is 5.89 Å². The molecule has 92 valence electrons. The Kier molecular flexibility index (Phi) is 1.87. The third kappa shape index (κ3) is 1.35. The first kappa shape index (κ1) is 9.88. The van der Waals surface area contributed by atoms with Crippen molar-refractivity contribution in [1.29, 1.82) is 0 Å². The topological polar surface area (TPSA) is 77.0 Å². The molecule has 0 aromatic carbocycles. The molecule has 0 unspecified atom stereocenters. The number of hydrazine groups is 1. The summed E-state index contributed by atoms with van der Waals surface area (Å²) in [6.45, 7) is 0. The third-order valence-corrected chi connectivity index (χ3v) is 5.04. The van der Waals surface area contributed by atoms with Crippen molar-refractivity contribution in [2.45, 2.75) is 43.9 Å². The van der Waals surface area contributed by atoms with Gasteiger partial charge in [-0.05, 0) is 56.3 Å². The Balaban J connectivity index is 1.72. The van der Waals surface area contributed by atoms with E-state index in [4.69, 9.17) is 10.3 Å². The first-order valence-corrected chi connectivity index (χ1v) is 6.58. The molecular weight excluding hydrogens is 216 g/mol. The van der Waals surface area contributed by atoms with Crippen LogP contribution in [-0.4, -0.2) is 10.2 Å². The minimum atomic E-state index is 0.177. The summed E-state index contributed by atoms with van der Waals surface area (Å²) < 4.78 is 5.66. The van der Waals surface area contributed by atoms with Gasteiger partial charge in [-0.25, -0.2) is 5.84 Å². The molecule has 1 aromatic rings. The summed E-state index contributed by atoms with van der Waals surface area (Å²) in [7, 11) is 0. The Morgan fingerprint density at radius 2 is 1.65 bits per heavy atom. The van der Waals surface area contributed by atoms with Crippen LogP contribution in [0, 0.1) is 17.8 Å². The molecule has 0 atom stereocenters. The summed E-state index contributed by atoms with van der Waals surface area (Å²) >= 11 is 0. The number of nitrogens with zero attached hydrogens (tertiary/aromatic N) is 2. The maximum atomic E-state index is 5.66. The molecule has 5 nitrogen and oxygen atoms in total. The minimum absolute atomic E-state index is 0.177. The van der Waals surface area contributed by atoms with E-state index in [9.17, 15) is 0 Å². The number of nitrogens with one attached hydrogen (secondary N) is 1. The van der Waals surface area contributed by atoms with Crippen molar-refractivity contribution in [3.8, 4) is 0 Å². The SMILES string of the molecule is NNc1nnc(C23CC4CC(CC(C4)C2)C3)o1. The van der Waals surface area contributed by atoms with Gasteiger partial charge in [-0.3, -0.25) is 5.43 Å². The normalized spacial score (nSPS) is 43.0. The van der Waals surface area contributed by atoms with E-state index in [1.165, 1.54) is 38.5 Å². The summed E-state index contributed by atoms with van der Waals surface area (Å²) in [5.41, 5.74) is 2.62. The van der Waals surface area contributed by atoms with Crippen LogP contribution < -0.4 is 11.3 Å². The van der Waals surface area contributed by atoms with Crippen LogP contribution in [0.1, 0.15) is 44.4 Å². The highest BCUT2D eigenvalue weighted by atomic mass is 16.4. The van der Waals surface area contributed by atoms with E-state index in [-0.39, 0.29) is 5.41 Å². The predicted octanol–water partition coefficient (Wildman–Crippen LogP) is 1.82. The van der Waals surface area contributed by atoms with Crippen LogP contribution in [0.5, 0.6) is 0 Å². The maximum Gasteiger partial charge on any atom is 0.330 e. The van der Waals surface area contributed by atoms with Crippen LogP contribution >= 0.6 is 0 Å². The third-order valence-electron chi connectivity index (χ3n) is 5.04. The fraction of sp³-hybridized carbons (Fsp3) is 0.833. The Hall–Kier alpha value is -1.10. The molecule has 0 aliphatic heterocycles. The van der Waals surface area contributed by atoms with Crippen molar-refractivity contribution < 1.29 is 4.42 Å². The molecule has 0 amide bonds. The highest BCUT2D eigenvalue weighted by Gasteiger charge is 2.54. The number of hydrogen-bond acceptors (Lipinski definition) is 5. The molecule has 0 saturated heterocycles. The number of hydrogen-bond donors (Lipinski definition) is 2. The van der Waals surface area contributed by atoms with Gasteiger partial charge in [-0.1, -0.05) is 5.10 Å². The van der Waals surface area contributed by atoms with E-state index in [1.807, 2.05) is 0 Å². The summed E-state index contributed by atoms with van der Waals surface area (Å²) in [6, 6.07) is 0.343. The van der Waals surface area contributed by atoms with Crippen LogP contribution in [0.25, 0.3) is 0 Å². The van der Waals surface area contributed by atoms with Gasteiger partial charge in [-0.2, -0.15) is 0 Å². The lowest BCUT2D eigenvalue weighted by molar-refractivity contribution is -0.0175. The number of nitrogen functional groups attached to an aromatic ring is 1. The largest absolute Gasteiger partial charge is 0.407 e. The molecule has 4 saturated carbocycles. The second-order valence-electron chi connectivity index (χ2n) is 6.25. The zero-order valence-electron chi connectivity index (χ0n) is 9.85. The van der Waals surface area contributed by atoms with E-state index in [2.05, 4.69) is 15.6 Å². The first-order chi connectivity index (χ1) is 8.27. The molecular formula is C12H18N4O. The van der Waals surface area contributed by atoms with Crippen LogP contribution in [0.4, 0.5) is 6.01 Å². The molecule has 0 spiro atoms. The molecule has 1 heterocycles. The summed E-state index contributed by atoms with van der Waals surface area (Å²) in [4.78, 5) is 0. The number of anilines is 1. The highest BCUT2D eigenvalue weighted by Crippen LogP contribution is 2.60. The predicted molar refractivity (Wildman–Crippen MR) is 62.0 cm³/mol. The van der Waals surface area contributed by atoms with Gasteiger partial charge in [-0.15, -0.1) is 5.10 Å². The fourth-order valence-electron chi connectivity index (χ4n) is 4.87. The molecule has 5 rings (SSSR count). The number of rotatable bonds is 2. The van der Waals surface area contributed by atoms with Crippen molar-refractivity contribution in [1.82, 2.24) is 10.2 Å². The van der Waals surface area contributed by atoms with Gasteiger partial charge in [0.2, 0.25) is 5.89 Å². The Bertz CT molecular complexity index is 406. The van der Waals surface area contributed by atoms with Crippen LogP contribution in [0.3, 0.4) is 0 Å². The standard InChI is InChI=1S/C12H18N4O/c13-14-11-16-15-10(17-11)12-4-7-1-8(5-12)3-9(2-7)6-12/h7-9H,1-6,13H2,(H,14,16). The van der Waals surface area contributed by atoms with Crippen LogP contribution in [0.15, 0.2) is 4.42 Å². The van der Waals surface area contributed by atoms with Gasteiger partial charge >= 0.3 is 6.01 Å². The molecule has 3 N–H and O–H groups in total. The molecule has 0 radical (unpaired) electrons. The molecule has 5 heteroatoms. The molecule has 1 aromatic heterocycles. The van der Waals surface area contributed by atoms with Crippen molar-refractivity contribution in [3.63, 3.8) is 0 Å². The smallest absolute Gasteiger partial charge is 0.330 e. The Morgan fingerprint density at radius 3 is 2.12 bits per heavy atom. The lowest BCUT2D eigenvalue weighted by atomic mass is 9.49. The van der Waals surface area contributed by atoms with E-state index < -0.39 is 0 Å². The Labute approximate surface area is 100 Å². The molecule has 17 heavy (non-hydrogen) atoms. The summed E-state index contributed by atoms with van der Waals surface area (Å²) in [6.07, 6.45) is 8.00. The second kappa shape index (κ2) is 3.22. The average Bonchev–Trinajstić information content (AvgIpc) is 2.76. The van der Waals surface area contributed by atoms with Crippen molar-refractivity contribution >= 4 is 6.01 Å². The van der Waals surface area contributed by atoms with E-state index in [1.54, 1.807) is 0 Å². The van der Waals surface area contributed by atoms with E-state index >= 15 is 0 Å². The minimum Gasteiger partial charge on any atom is -0.407 e. The summed E-state index contributed by atoms with van der Waals surface area (Å²) in [5.74, 6) is 8.81. The lowest BCUT2D eigenvalue weighted by Crippen LogP contribution is -2.48. The average molecular weight is 234 g/mol. The zero-order chi connectivity index (χ0) is 11.5. The quantitative estimate of drug-likeness (QED) is 0.603. The zero-order valence-corrected chi connectivity index (χ0v) is 9.85. The van der Waals surface area contributed by atoms with Gasteiger partial charge in [0.05, 0.1) is 0 Å². The van der Waals surface area contributed by atoms with E-state index in [0.29, 0.717) is 6.01 Å². The Morgan fingerprint density at radius 1 is 1.06 bits per heavy atom. The highest BCUT2D eigenvalue weighted by molar-refractivity contribution is 5.20. The molecule has 4 fully saturated rings. The lowest BCUT2D eigenvalue weighted by Gasteiger charge is -2.55. The van der Waals surface area contributed by atoms with Crippen molar-refractivity contribution in [2.75, 3.05) is 5.43 Å². The number of nitrogens with two attached hydrogens (primary N) is 1. The van der Waals surface area contributed by atoms with Gasteiger partial charge in [0.15, 0.2) is 0 Å². The molecule has 4 bridgehead atoms. The maximum absolute atomic E-state index is 5.66. The van der Waals surface area contributed by atoms with Gasteiger partial charge in [0, 0.05) is 5.41 Å². The monoisotopic (exact) mass is 234 g/mol. The number of aromatic nitrogens is 2. The van der Waals surface area contributed by atoms with Crippen LogP contribution in [-0.2, 0) is 5.41 Å².